The molecule has 0 aliphatic rings. The van der Waals surface area contributed by atoms with E-state index >= 15 is 0 Å². The Hall–Kier alpha value is -0.640. The molecule has 0 unspecified atom stereocenters. The largest absolute Gasteiger partial charge is 0.374 e. The first-order valence-corrected chi connectivity index (χ1v) is 2.97. The Morgan fingerprint density at radius 3 is 2.11 bits per heavy atom. The van der Waals surface area contributed by atoms with Gasteiger partial charge in [-0.3, -0.25) is 0 Å². The van der Waals surface area contributed by atoms with Gasteiger partial charge in [0, 0.05) is 14.1 Å². The first-order valence-electron chi connectivity index (χ1n) is 2.56. The Labute approximate surface area is 60.6 Å². The smallest absolute Gasteiger partial charge is 0.191 e. The van der Waals surface area contributed by atoms with Gasteiger partial charge in [-0.15, -0.1) is 0 Å². The summed E-state index contributed by atoms with van der Waals surface area (Å²) in [5.41, 5.74) is 5.15. The minimum atomic E-state index is 0.182. The fourth-order valence-corrected chi connectivity index (χ4v) is 0.392. The lowest BCUT2D eigenvalue weighted by atomic mass is 10.6. The highest BCUT2D eigenvalue weighted by molar-refractivity contribution is 7.80. The molecule has 3 nitrogen and oxygen atoms in total. The number of thiocarbonyl (C=S) groups is 1. The van der Waals surface area contributed by atoms with Gasteiger partial charge in [-0.05, 0) is 19.1 Å². The monoisotopic (exact) mass is 145 g/mol. The van der Waals surface area contributed by atoms with Gasteiger partial charge in [0.25, 0.3) is 0 Å². The van der Waals surface area contributed by atoms with Crippen LogP contribution in [0, 0.1) is 0 Å². The maximum atomic E-state index is 5.15. The van der Waals surface area contributed by atoms with Crippen LogP contribution in [0.25, 0.3) is 0 Å². The molecule has 0 radical (unpaired) electrons. The van der Waals surface area contributed by atoms with Gasteiger partial charge in [0.1, 0.15) is 5.84 Å². The van der Waals surface area contributed by atoms with Crippen LogP contribution in [0.2, 0.25) is 0 Å². The van der Waals surface area contributed by atoms with Crippen LogP contribution in [-0.4, -0.2) is 29.9 Å². The zero-order valence-electron chi connectivity index (χ0n) is 5.88. The zero-order chi connectivity index (χ0) is 7.44. The Morgan fingerprint density at radius 1 is 1.56 bits per heavy atom. The van der Waals surface area contributed by atoms with Crippen molar-refractivity contribution in [2.24, 2.45) is 10.7 Å². The maximum Gasteiger partial charge on any atom is 0.191 e. The van der Waals surface area contributed by atoms with Crippen molar-refractivity contribution < 1.29 is 0 Å². The molecular weight excluding hydrogens is 134 g/mol. The van der Waals surface area contributed by atoms with Crippen LogP contribution in [0.3, 0.4) is 0 Å². The van der Waals surface area contributed by atoms with Crippen molar-refractivity contribution in [2.45, 2.75) is 6.92 Å². The summed E-state index contributed by atoms with van der Waals surface area (Å²) in [5.74, 6) is 0.822. The summed E-state index contributed by atoms with van der Waals surface area (Å²) in [6, 6.07) is 0. The van der Waals surface area contributed by atoms with Crippen LogP contribution in [0.5, 0.6) is 0 Å². The van der Waals surface area contributed by atoms with Crippen LogP contribution in [-0.2, 0) is 0 Å². The fourth-order valence-electron chi connectivity index (χ4n) is 0.259. The quantitative estimate of drug-likeness (QED) is 0.301. The number of nitrogens with two attached hydrogens (primary N) is 1. The van der Waals surface area contributed by atoms with Crippen molar-refractivity contribution in [3.05, 3.63) is 0 Å². The van der Waals surface area contributed by atoms with E-state index in [1.807, 2.05) is 25.9 Å². The second-order valence-corrected chi connectivity index (χ2v) is 2.31. The average molecular weight is 145 g/mol. The number of aliphatic imine (C=N–C) groups is 1. The molecule has 0 rings (SSSR count). The summed E-state index contributed by atoms with van der Waals surface area (Å²) in [6.45, 7) is 1.85. The van der Waals surface area contributed by atoms with Crippen molar-refractivity contribution in [1.29, 1.82) is 0 Å². The normalized spacial score (nSPS) is 11.2. The van der Waals surface area contributed by atoms with Crippen LogP contribution in [0.4, 0.5) is 0 Å². The summed E-state index contributed by atoms with van der Waals surface area (Å²) in [6.07, 6.45) is 0. The molecule has 0 saturated heterocycles. The second kappa shape index (κ2) is 3.40. The molecule has 0 spiro atoms. The van der Waals surface area contributed by atoms with Gasteiger partial charge >= 0.3 is 0 Å². The third kappa shape index (κ3) is 3.90. The average Bonchev–Trinajstić information content (AvgIpc) is 1.63. The number of hydrogen-bond acceptors (Lipinski definition) is 1. The molecule has 0 amide bonds. The topological polar surface area (TPSA) is 41.6 Å². The second-order valence-electron chi connectivity index (χ2n) is 1.89. The molecule has 2 N–H and O–H groups in total. The maximum absolute atomic E-state index is 5.15. The highest BCUT2D eigenvalue weighted by Gasteiger charge is 1.91. The number of hydrogen-bond donors (Lipinski definition) is 1. The summed E-state index contributed by atoms with van der Waals surface area (Å²) < 4.78 is 0. The van der Waals surface area contributed by atoms with Crippen molar-refractivity contribution in [1.82, 2.24) is 4.90 Å². The fraction of sp³-hybridized carbons (Fsp3) is 0.600. The van der Waals surface area contributed by atoms with E-state index in [4.69, 9.17) is 5.73 Å². The summed E-state index contributed by atoms with van der Waals surface area (Å²) in [5, 5.41) is 0.182. The Morgan fingerprint density at radius 2 is 2.00 bits per heavy atom. The predicted molar refractivity (Wildman–Crippen MR) is 43.6 cm³/mol. The molecule has 0 aromatic heterocycles. The number of nitrogens with zero attached hydrogens (tertiary/aromatic N) is 2. The summed E-state index contributed by atoms with van der Waals surface area (Å²) >= 11 is 4.55. The van der Waals surface area contributed by atoms with E-state index in [0.29, 0.717) is 0 Å². The van der Waals surface area contributed by atoms with Crippen LogP contribution in [0.15, 0.2) is 4.99 Å². The lowest BCUT2D eigenvalue weighted by Gasteiger charge is -2.09. The lowest BCUT2D eigenvalue weighted by molar-refractivity contribution is 0.619. The molecule has 4 heteroatoms. The van der Waals surface area contributed by atoms with E-state index < -0.39 is 0 Å². The van der Waals surface area contributed by atoms with Gasteiger partial charge in [-0.1, -0.05) is 0 Å². The van der Waals surface area contributed by atoms with Crippen molar-refractivity contribution >= 4 is 23.2 Å². The van der Waals surface area contributed by atoms with E-state index in [0.717, 1.165) is 5.84 Å². The third-order valence-electron chi connectivity index (χ3n) is 0.919. The SMILES string of the molecule is C/C(=N/C(N)=S)N(C)C. The zero-order valence-corrected chi connectivity index (χ0v) is 6.70. The van der Waals surface area contributed by atoms with E-state index in [9.17, 15) is 0 Å². The number of amidine groups is 1. The molecule has 0 aromatic rings. The molecule has 0 bridgehead atoms. The molecule has 0 aliphatic heterocycles. The Kier molecular flexibility index (Phi) is 3.16. The van der Waals surface area contributed by atoms with Gasteiger partial charge in [0.05, 0.1) is 0 Å². The molecule has 9 heavy (non-hydrogen) atoms. The summed E-state index contributed by atoms with van der Waals surface area (Å²) in [4.78, 5) is 5.68. The minimum absolute atomic E-state index is 0.182. The van der Waals surface area contributed by atoms with Gasteiger partial charge in [-0.2, -0.15) is 0 Å². The first-order chi connectivity index (χ1) is 4.04. The van der Waals surface area contributed by atoms with Crippen LogP contribution >= 0.6 is 12.2 Å². The van der Waals surface area contributed by atoms with Crippen molar-refractivity contribution in [3.63, 3.8) is 0 Å². The number of rotatable bonds is 0. The van der Waals surface area contributed by atoms with Gasteiger partial charge in [0.15, 0.2) is 5.11 Å². The molecule has 0 fully saturated rings. The molecule has 0 atom stereocenters. The molecular formula is C5H11N3S. The van der Waals surface area contributed by atoms with E-state index in [1.54, 1.807) is 0 Å². The van der Waals surface area contributed by atoms with Crippen LogP contribution in [0.1, 0.15) is 6.92 Å². The third-order valence-corrected chi connectivity index (χ3v) is 1.01. The van der Waals surface area contributed by atoms with E-state index in [-0.39, 0.29) is 5.11 Å². The van der Waals surface area contributed by atoms with Crippen LogP contribution < -0.4 is 5.73 Å². The first kappa shape index (κ1) is 8.36. The molecule has 0 aromatic carbocycles. The van der Waals surface area contributed by atoms with Gasteiger partial charge in [0.2, 0.25) is 0 Å². The van der Waals surface area contributed by atoms with E-state index in [2.05, 4.69) is 17.2 Å². The van der Waals surface area contributed by atoms with E-state index in [1.165, 1.54) is 0 Å². The standard InChI is InChI=1S/C5H11N3S/c1-4(8(2)3)7-5(6)9/h1-3H3,(H2,6,9)/b7-4-. The highest BCUT2D eigenvalue weighted by Crippen LogP contribution is 1.81. The van der Waals surface area contributed by atoms with Gasteiger partial charge < -0.3 is 10.6 Å². The van der Waals surface area contributed by atoms with Crippen molar-refractivity contribution in [3.8, 4) is 0 Å². The summed E-state index contributed by atoms with van der Waals surface area (Å²) in [7, 11) is 3.77. The molecule has 0 aliphatic carbocycles. The molecule has 52 valence electrons. The highest BCUT2D eigenvalue weighted by atomic mass is 32.1. The van der Waals surface area contributed by atoms with Gasteiger partial charge in [-0.25, -0.2) is 4.99 Å². The Balaban J connectivity index is 4.00. The van der Waals surface area contributed by atoms with Crippen molar-refractivity contribution in [2.75, 3.05) is 14.1 Å². The predicted octanol–water partition coefficient (Wildman–Crippen LogP) is 0.210. The molecule has 0 heterocycles. The lowest BCUT2D eigenvalue weighted by Crippen LogP contribution is -2.21. The Bertz CT molecular complexity index is 139. The minimum Gasteiger partial charge on any atom is -0.374 e. The molecule has 0 saturated carbocycles.